The maximum absolute atomic E-state index is 4.40. The number of fused-ring (bicyclic) bond motifs is 1. The first-order valence-electron chi connectivity index (χ1n) is 8.30. The minimum atomic E-state index is 0.766. The zero-order valence-corrected chi connectivity index (χ0v) is 12.6. The predicted molar refractivity (Wildman–Crippen MR) is 83.9 cm³/mol. The van der Waals surface area contributed by atoms with Gasteiger partial charge >= 0.3 is 0 Å². The van der Waals surface area contributed by atoms with Gasteiger partial charge in [0.25, 0.3) is 0 Å². The van der Waals surface area contributed by atoms with Crippen molar-refractivity contribution in [1.82, 2.24) is 10.3 Å². The van der Waals surface area contributed by atoms with Gasteiger partial charge in [0.05, 0.1) is 11.9 Å². The zero-order valence-electron chi connectivity index (χ0n) is 12.6. The van der Waals surface area contributed by atoms with Crippen LogP contribution in [0.15, 0.2) is 18.5 Å². The third-order valence-electron chi connectivity index (χ3n) is 5.01. The van der Waals surface area contributed by atoms with Gasteiger partial charge in [0.1, 0.15) is 0 Å². The van der Waals surface area contributed by atoms with E-state index in [0.717, 1.165) is 25.0 Å². The summed E-state index contributed by atoms with van der Waals surface area (Å²) in [6, 6.07) is 2.95. The molecule has 0 aromatic carbocycles. The first kappa shape index (κ1) is 13.9. The molecular formula is C17H27N3. The molecule has 0 bridgehead atoms. The highest BCUT2D eigenvalue weighted by Crippen LogP contribution is 2.38. The van der Waals surface area contributed by atoms with Crippen LogP contribution in [-0.4, -0.2) is 24.1 Å². The fourth-order valence-electron chi connectivity index (χ4n) is 4.01. The van der Waals surface area contributed by atoms with Crippen molar-refractivity contribution in [1.29, 1.82) is 0 Å². The van der Waals surface area contributed by atoms with E-state index in [1.54, 1.807) is 0 Å². The average Bonchev–Trinajstić information content (AvgIpc) is 2.53. The highest BCUT2D eigenvalue weighted by atomic mass is 15.2. The van der Waals surface area contributed by atoms with Crippen molar-refractivity contribution in [2.24, 2.45) is 5.92 Å². The highest BCUT2D eigenvalue weighted by molar-refractivity contribution is 5.53. The normalized spacial score (nSPS) is 26.4. The number of hydrogen-bond acceptors (Lipinski definition) is 3. The molecule has 0 unspecified atom stereocenters. The number of anilines is 1. The van der Waals surface area contributed by atoms with E-state index in [2.05, 4.69) is 34.4 Å². The number of nitrogens with zero attached hydrogens (tertiary/aromatic N) is 2. The van der Waals surface area contributed by atoms with E-state index < -0.39 is 0 Å². The molecule has 2 heterocycles. The van der Waals surface area contributed by atoms with Crippen LogP contribution in [0.5, 0.6) is 0 Å². The standard InChI is InChI=1S/C17H27N3/c1-2-18-12-15-9-10-19-13-17(15)20-11-5-7-14-6-3-4-8-16(14)20/h9-10,13-14,16,18H,2-8,11-12H2,1H3/t14-,16-/m1/s1. The summed E-state index contributed by atoms with van der Waals surface area (Å²) in [7, 11) is 0. The molecule has 1 saturated carbocycles. The number of pyridine rings is 1. The fourth-order valence-corrected chi connectivity index (χ4v) is 4.01. The summed E-state index contributed by atoms with van der Waals surface area (Å²) < 4.78 is 0. The van der Waals surface area contributed by atoms with Crippen molar-refractivity contribution in [2.75, 3.05) is 18.0 Å². The van der Waals surface area contributed by atoms with Gasteiger partial charge in [-0.25, -0.2) is 0 Å². The monoisotopic (exact) mass is 273 g/mol. The van der Waals surface area contributed by atoms with Gasteiger partial charge in [-0.15, -0.1) is 0 Å². The van der Waals surface area contributed by atoms with E-state index in [-0.39, 0.29) is 0 Å². The lowest BCUT2D eigenvalue weighted by molar-refractivity contribution is 0.243. The molecule has 0 spiro atoms. The third-order valence-corrected chi connectivity index (χ3v) is 5.01. The quantitative estimate of drug-likeness (QED) is 0.912. The van der Waals surface area contributed by atoms with Gasteiger partial charge in [0.15, 0.2) is 0 Å². The third kappa shape index (κ3) is 2.83. The van der Waals surface area contributed by atoms with Crippen molar-refractivity contribution in [2.45, 2.75) is 58.0 Å². The van der Waals surface area contributed by atoms with E-state index >= 15 is 0 Å². The summed E-state index contributed by atoms with van der Waals surface area (Å²) in [6.07, 6.45) is 12.4. The Kier molecular flexibility index (Phi) is 4.56. The van der Waals surface area contributed by atoms with Gasteiger partial charge in [0.2, 0.25) is 0 Å². The lowest BCUT2D eigenvalue weighted by Gasteiger charge is -2.46. The molecule has 2 aliphatic rings. The maximum atomic E-state index is 4.40. The number of nitrogens with one attached hydrogen (secondary N) is 1. The highest BCUT2D eigenvalue weighted by Gasteiger charge is 2.33. The largest absolute Gasteiger partial charge is 0.367 e. The van der Waals surface area contributed by atoms with Crippen molar-refractivity contribution in [3.8, 4) is 0 Å². The second kappa shape index (κ2) is 6.57. The molecule has 1 aromatic rings. The Hall–Kier alpha value is -1.09. The molecule has 1 aliphatic carbocycles. The van der Waals surface area contributed by atoms with Crippen molar-refractivity contribution in [3.05, 3.63) is 24.0 Å². The molecule has 0 radical (unpaired) electrons. The van der Waals surface area contributed by atoms with Crippen LogP contribution in [0.3, 0.4) is 0 Å². The van der Waals surface area contributed by atoms with Gasteiger partial charge in [-0.2, -0.15) is 0 Å². The summed E-state index contributed by atoms with van der Waals surface area (Å²) in [4.78, 5) is 7.07. The van der Waals surface area contributed by atoms with Crippen LogP contribution in [0.2, 0.25) is 0 Å². The van der Waals surface area contributed by atoms with Crippen molar-refractivity contribution >= 4 is 5.69 Å². The molecule has 3 heteroatoms. The van der Waals surface area contributed by atoms with Crippen LogP contribution in [0.1, 0.15) is 51.0 Å². The Bertz CT molecular complexity index is 430. The van der Waals surface area contributed by atoms with Crippen LogP contribution < -0.4 is 10.2 Å². The molecule has 0 amide bonds. The molecule has 3 rings (SSSR count). The van der Waals surface area contributed by atoms with Crippen LogP contribution in [0.25, 0.3) is 0 Å². The Balaban J connectivity index is 1.83. The Labute approximate surface area is 122 Å². The lowest BCUT2D eigenvalue weighted by atomic mass is 9.78. The Morgan fingerprint density at radius 1 is 1.25 bits per heavy atom. The second-order valence-electron chi connectivity index (χ2n) is 6.23. The van der Waals surface area contributed by atoms with Gasteiger partial charge in [-0.1, -0.05) is 19.8 Å². The second-order valence-corrected chi connectivity index (χ2v) is 6.23. The molecule has 1 aromatic heterocycles. The zero-order chi connectivity index (χ0) is 13.8. The van der Waals surface area contributed by atoms with Gasteiger partial charge in [-0.05, 0) is 49.8 Å². The van der Waals surface area contributed by atoms with Crippen LogP contribution in [-0.2, 0) is 6.54 Å². The Morgan fingerprint density at radius 2 is 2.10 bits per heavy atom. The minimum Gasteiger partial charge on any atom is -0.367 e. The number of piperidine rings is 1. The molecule has 110 valence electrons. The number of aromatic nitrogens is 1. The first-order valence-corrected chi connectivity index (χ1v) is 8.30. The van der Waals surface area contributed by atoms with Crippen LogP contribution in [0.4, 0.5) is 5.69 Å². The number of hydrogen-bond donors (Lipinski definition) is 1. The predicted octanol–water partition coefficient (Wildman–Crippen LogP) is 3.35. The topological polar surface area (TPSA) is 28.2 Å². The van der Waals surface area contributed by atoms with Crippen LogP contribution in [0, 0.1) is 5.92 Å². The molecule has 3 nitrogen and oxygen atoms in total. The molecule has 2 fully saturated rings. The summed E-state index contributed by atoms with van der Waals surface area (Å²) in [5.41, 5.74) is 2.79. The molecule has 2 atom stereocenters. The summed E-state index contributed by atoms with van der Waals surface area (Å²) in [5.74, 6) is 0.921. The van der Waals surface area contributed by atoms with E-state index in [1.165, 1.54) is 56.3 Å². The van der Waals surface area contributed by atoms with E-state index in [1.807, 2.05) is 6.20 Å². The number of rotatable bonds is 4. The summed E-state index contributed by atoms with van der Waals surface area (Å²) in [6.45, 7) is 5.36. The van der Waals surface area contributed by atoms with Gasteiger partial charge in [0, 0.05) is 25.3 Å². The molecular weight excluding hydrogens is 246 g/mol. The van der Waals surface area contributed by atoms with E-state index in [0.29, 0.717) is 0 Å². The molecule has 1 saturated heterocycles. The summed E-state index contributed by atoms with van der Waals surface area (Å²) in [5, 5.41) is 3.46. The van der Waals surface area contributed by atoms with Crippen molar-refractivity contribution < 1.29 is 0 Å². The van der Waals surface area contributed by atoms with Gasteiger partial charge < -0.3 is 10.2 Å². The minimum absolute atomic E-state index is 0.766. The van der Waals surface area contributed by atoms with Gasteiger partial charge in [-0.3, -0.25) is 4.98 Å². The van der Waals surface area contributed by atoms with Crippen LogP contribution >= 0.6 is 0 Å². The SMILES string of the molecule is CCNCc1ccncc1N1CCC[C@H]2CCCC[C@H]21. The smallest absolute Gasteiger partial charge is 0.0600 e. The molecule has 1 aliphatic heterocycles. The molecule has 1 N–H and O–H groups in total. The first-order chi connectivity index (χ1) is 9.90. The average molecular weight is 273 g/mol. The Morgan fingerprint density at radius 3 is 3.00 bits per heavy atom. The van der Waals surface area contributed by atoms with E-state index in [9.17, 15) is 0 Å². The fraction of sp³-hybridized carbons (Fsp3) is 0.706. The molecule has 20 heavy (non-hydrogen) atoms. The maximum Gasteiger partial charge on any atom is 0.0600 e. The summed E-state index contributed by atoms with van der Waals surface area (Å²) >= 11 is 0. The van der Waals surface area contributed by atoms with E-state index in [4.69, 9.17) is 0 Å². The van der Waals surface area contributed by atoms with Crippen molar-refractivity contribution in [3.63, 3.8) is 0 Å². The lowest BCUT2D eigenvalue weighted by Crippen LogP contribution is -2.47.